The average molecular weight is 430 g/mol. The molecule has 0 radical (unpaired) electrons. The van der Waals surface area contributed by atoms with Crippen molar-refractivity contribution in [2.75, 3.05) is 36.4 Å². The molecule has 0 atom stereocenters. The van der Waals surface area contributed by atoms with Crippen LogP contribution in [0, 0.1) is 6.92 Å². The van der Waals surface area contributed by atoms with E-state index in [1.807, 2.05) is 6.07 Å². The maximum atomic E-state index is 12.5. The number of hydrogen-bond donors (Lipinski definition) is 2. The van der Waals surface area contributed by atoms with Gasteiger partial charge in [-0.25, -0.2) is 23.1 Å². The Hall–Kier alpha value is -1.61. The number of benzene rings is 1. The summed E-state index contributed by atoms with van der Waals surface area (Å²) in [6, 6.07) is 4.78. The second kappa shape index (κ2) is 8.60. The van der Waals surface area contributed by atoms with Gasteiger partial charge in [-0.15, -0.1) is 0 Å². The second-order valence-corrected chi connectivity index (χ2v) is 8.86. The van der Waals surface area contributed by atoms with Gasteiger partial charge in [0.1, 0.15) is 22.9 Å². The fourth-order valence-corrected chi connectivity index (χ4v) is 4.72. The van der Waals surface area contributed by atoms with Crippen LogP contribution in [0.15, 0.2) is 29.4 Å². The first-order valence-corrected chi connectivity index (χ1v) is 10.9. The van der Waals surface area contributed by atoms with Gasteiger partial charge in [-0.2, -0.15) is 0 Å². The Balaban J connectivity index is 1.57. The van der Waals surface area contributed by atoms with Crippen LogP contribution in [0.1, 0.15) is 18.4 Å². The molecule has 0 unspecified atom stereocenters. The Morgan fingerprint density at radius 2 is 1.81 bits per heavy atom. The third kappa shape index (κ3) is 5.01. The fraction of sp³-hybridized carbons (Fsp3) is 0.412. The lowest BCUT2D eigenvalue weighted by Gasteiger charge is -2.16. The van der Waals surface area contributed by atoms with Gasteiger partial charge < -0.3 is 10.2 Å². The molecule has 1 aliphatic heterocycles. The molecule has 0 saturated carbocycles. The van der Waals surface area contributed by atoms with Crippen molar-refractivity contribution >= 4 is 44.9 Å². The fourth-order valence-electron chi connectivity index (χ4n) is 2.85. The third-order valence-electron chi connectivity index (χ3n) is 4.31. The van der Waals surface area contributed by atoms with E-state index in [-0.39, 0.29) is 16.5 Å². The molecule has 7 nitrogen and oxygen atoms in total. The number of aryl methyl sites for hydroxylation is 1. The third-order valence-corrected chi connectivity index (χ3v) is 6.64. The number of aromatic nitrogens is 2. The number of halogens is 2. The molecule has 3 rings (SSSR count). The van der Waals surface area contributed by atoms with E-state index < -0.39 is 10.0 Å². The Morgan fingerprint density at radius 1 is 1.07 bits per heavy atom. The summed E-state index contributed by atoms with van der Waals surface area (Å²) in [5.41, 5.74) is 0.648. The molecule has 1 aromatic heterocycles. The minimum absolute atomic E-state index is 0.0180. The highest BCUT2D eigenvalue weighted by Gasteiger charge is 2.19. The van der Waals surface area contributed by atoms with Gasteiger partial charge in [-0.1, -0.05) is 23.2 Å². The van der Waals surface area contributed by atoms with Crippen LogP contribution in [0.3, 0.4) is 0 Å². The quantitative estimate of drug-likeness (QED) is 0.657. The molecule has 1 aromatic carbocycles. The Kier molecular flexibility index (Phi) is 6.41. The average Bonchev–Trinajstić information content (AvgIpc) is 3.17. The van der Waals surface area contributed by atoms with Gasteiger partial charge >= 0.3 is 0 Å². The van der Waals surface area contributed by atoms with Crippen LogP contribution >= 0.6 is 23.2 Å². The molecule has 1 fully saturated rings. The standard InChI is InChI=1S/C17H21Cl2N5O2S/c1-12-8-15(14(19)9-13(12)18)27(25,26)23-5-4-20-16-10-17(22-11-21-16)24-6-2-3-7-24/h8-11,23H,2-7H2,1H3,(H,20,21,22). The number of nitrogens with zero attached hydrogens (tertiary/aromatic N) is 3. The lowest BCUT2D eigenvalue weighted by molar-refractivity contribution is 0.583. The number of rotatable bonds is 7. The molecule has 2 aromatic rings. The van der Waals surface area contributed by atoms with E-state index in [1.165, 1.54) is 31.3 Å². The summed E-state index contributed by atoms with van der Waals surface area (Å²) in [7, 11) is -3.73. The van der Waals surface area contributed by atoms with Gasteiger partial charge in [0.05, 0.1) is 5.02 Å². The summed E-state index contributed by atoms with van der Waals surface area (Å²) in [4.78, 5) is 10.7. The molecule has 0 amide bonds. The SMILES string of the molecule is Cc1cc(S(=O)(=O)NCCNc2cc(N3CCCC3)ncn2)c(Cl)cc1Cl. The van der Waals surface area contributed by atoms with Gasteiger partial charge in [-0.3, -0.25) is 0 Å². The Labute approximate surface area is 169 Å². The molecule has 0 bridgehead atoms. The van der Waals surface area contributed by atoms with Gasteiger partial charge in [0, 0.05) is 37.3 Å². The van der Waals surface area contributed by atoms with Crippen LogP contribution in [0.5, 0.6) is 0 Å². The molecule has 1 aliphatic rings. The highest BCUT2D eigenvalue weighted by Crippen LogP contribution is 2.28. The monoisotopic (exact) mass is 429 g/mol. The van der Waals surface area contributed by atoms with E-state index in [1.54, 1.807) is 6.92 Å². The van der Waals surface area contributed by atoms with Crippen LogP contribution < -0.4 is 14.9 Å². The van der Waals surface area contributed by atoms with Crippen molar-refractivity contribution in [2.24, 2.45) is 0 Å². The zero-order valence-corrected chi connectivity index (χ0v) is 17.2. The smallest absolute Gasteiger partial charge is 0.242 e. The van der Waals surface area contributed by atoms with Crippen molar-refractivity contribution in [1.82, 2.24) is 14.7 Å². The molecule has 10 heteroatoms. The maximum Gasteiger partial charge on any atom is 0.242 e. The molecule has 1 saturated heterocycles. The van der Waals surface area contributed by atoms with Crippen LogP contribution in [0.4, 0.5) is 11.6 Å². The first-order chi connectivity index (χ1) is 12.9. The normalized spacial score (nSPS) is 14.6. The number of anilines is 2. The zero-order valence-electron chi connectivity index (χ0n) is 14.9. The van der Waals surface area contributed by atoms with Gasteiger partial charge in [0.2, 0.25) is 10.0 Å². The molecular weight excluding hydrogens is 409 g/mol. The molecule has 146 valence electrons. The summed E-state index contributed by atoms with van der Waals surface area (Å²) < 4.78 is 27.4. The summed E-state index contributed by atoms with van der Waals surface area (Å²) in [6.45, 7) is 4.28. The number of hydrogen-bond acceptors (Lipinski definition) is 6. The van der Waals surface area contributed by atoms with Crippen molar-refractivity contribution in [3.63, 3.8) is 0 Å². The van der Waals surface area contributed by atoms with E-state index in [9.17, 15) is 8.42 Å². The summed E-state index contributed by atoms with van der Waals surface area (Å²) in [5, 5.41) is 3.63. The Morgan fingerprint density at radius 3 is 2.56 bits per heavy atom. The summed E-state index contributed by atoms with van der Waals surface area (Å²) >= 11 is 12.0. The van der Waals surface area contributed by atoms with Crippen molar-refractivity contribution in [3.8, 4) is 0 Å². The highest BCUT2D eigenvalue weighted by molar-refractivity contribution is 7.89. The number of sulfonamides is 1. The lowest BCUT2D eigenvalue weighted by Crippen LogP contribution is -2.29. The maximum absolute atomic E-state index is 12.5. The molecule has 2 heterocycles. The van der Waals surface area contributed by atoms with Gasteiger partial charge in [-0.05, 0) is 37.5 Å². The lowest BCUT2D eigenvalue weighted by atomic mass is 10.2. The van der Waals surface area contributed by atoms with E-state index in [4.69, 9.17) is 23.2 Å². The predicted molar refractivity (Wildman–Crippen MR) is 108 cm³/mol. The van der Waals surface area contributed by atoms with Crippen LogP contribution in [0.2, 0.25) is 10.0 Å². The van der Waals surface area contributed by atoms with Gasteiger partial charge in [0.25, 0.3) is 0 Å². The van der Waals surface area contributed by atoms with Crippen LogP contribution in [-0.4, -0.2) is 44.6 Å². The second-order valence-electron chi connectivity index (χ2n) is 6.31. The summed E-state index contributed by atoms with van der Waals surface area (Å²) in [6.07, 6.45) is 3.85. The van der Waals surface area contributed by atoms with E-state index in [0.29, 0.717) is 22.9 Å². The molecular formula is C17H21Cl2N5O2S. The number of nitrogens with one attached hydrogen (secondary N) is 2. The predicted octanol–water partition coefficient (Wildman–Crippen LogP) is 3.08. The Bertz CT molecular complexity index is 918. The minimum Gasteiger partial charge on any atom is -0.369 e. The molecule has 0 spiro atoms. The molecule has 0 aliphatic carbocycles. The first-order valence-electron chi connectivity index (χ1n) is 8.63. The molecule has 27 heavy (non-hydrogen) atoms. The van der Waals surface area contributed by atoms with E-state index >= 15 is 0 Å². The first kappa shape index (κ1) is 20.1. The van der Waals surface area contributed by atoms with Crippen molar-refractivity contribution < 1.29 is 8.42 Å². The highest BCUT2D eigenvalue weighted by atomic mass is 35.5. The van der Waals surface area contributed by atoms with E-state index in [0.717, 1.165) is 18.9 Å². The van der Waals surface area contributed by atoms with Gasteiger partial charge in [0.15, 0.2) is 0 Å². The van der Waals surface area contributed by atoms with E-state index in [2.05, 4.69) is 24.9 Å². The molecule has 2 N–H and O–H groups in total. The minimum atomic E-state index is -3.73. The van der Waals surface area contributed by atoms with Crippen LogP contribution in [-0.2, 0) is 10.0 Å². The topological polar surface area (TPSA) is 87.2 Å². The van der Waals surface area contributed by atoms with Crippen molar-refractivity contribution in [2.45, 2.75) is 24.7 Å². The van der Waals surface area contributed by atoms with Crippen molar-refractivity contribution in [1.29, 1.82) is 0 Å². The van der Waals surface area contributed by atoms with Crippen molar-refractivity contribution in [3.05, 3.63) is 40.1 Å². The summed E-state index contributed by atoms with van der Waals surface area (Å²) in [5.74, 6) is 1.54. The zero-order chi connectivity index (χ0) is 19.4. The largest absolute Gasteiger partial charge is 0.369 e. The van der Waals surface area contributed by atoms with Crippen LogP contribution in [0.25, 0.3) is 0 Å².